The first kappa shape index (κ1) is 21.5. The summed E-state index contributed by atoms with van der Waals surface area (Å²) in [6.45, 7) is 3.06. The minimum absolute atomic E-state index is 0. The molecule has 1 aliphatic rings. The fourth-order valence-corrected chi connectivity index (χ4v) is 3.05. The zero-order valence-electron chi connectivity index (χ0n) is 14.4. The van der Waals surface area contributed by atoms with Crippen molar-refractivity contribution in [2.24, 2.45) is 5.73 Å². The topological polar surface area (TPSA) is 72.9 Å². The van der Waals surface area contributed by atoms with Crippen LogP contribution < -0.4 is 11.1 Å². The molecular weight excluding hydrogens is 359 g/mol. The normalized spacial score (nSPS) is 13.8. The highest BCUT2D eigenvalue weighted by molar-refractivity contribution is 5.94. The fourth-order valence-electron chi connectivity index (χ4n) is 3.05. The first-order chi connectivity index (χ1) is 11.2. The lowest BCUT2D eigenvalue weighted by Crippen LogP contribution is -2.35. The molecule has 0 radical (unpaired) electrons. The maximum Gasteiger partial charge on any atom is 0.241 e. The molecule has 25 heavy (non-hydrogen) atoms. The molecule has 3 rings (SSSR count). The third-order valence-electron chi connectivity index (χ3n) is 4.35. The summed E-state index contributed by atoms with van der Waals surface area (Å²) in [4.78, 5) is 16.5. The average Bonchev–Trinajstić information content (AvgIpc) is 3.00. The molecule has 7 heteroatoms. The zero-order chi connectivity index (χ0) is 16.2. The van der Waals surface area contributed by atoms with Crippen LogP contribution in [-0.4, -0.2) is 21.5 Å². The number of amides is 1. The van der Waals surface area contributed by atoms with Crippen LogP contribution >= 0.6 is 24.8 Å². The second-order valence-electron chi connectivity index (χ2n) is 6.14. The molecule has 1 unspecified atom stereocenters. The van der Waals surface area contributed by atoms with Crippen LogP contribution in [0.5, 0.6) is 0 Å². The summed E-state index contributed by atoms with van der Waals surface area (Å²) >= 11 is 0. The number of rotatable bonds is 5. The van der Waals surface area contributed by atoms with Gasteiger partial charge in [-0.3, -0.25) is 4.79 Å². The number of nitrogens with one attached hydrogen (secondary N) is 1. The summed E-state index contributed by atoms with van der Waals surface area (Å²) in [6.07, 6.45) is 7.14. The van der Waals surface area contributed by atoms with Gasteiger partial charge in [-0.2, -0.15) is 0 Å². The van der Waals surface area contributed by atoms with E-state index in [1.165, 1.54) is 18.5 Å². The smallest absolute Gasteiger partial charge is 0.241 e. The lowest BCUT2D eigenvalue weighted by atomic mass is 10.1. The van der Waals surface area contributed by atoms with Crippen LogP contribution in [0.1, 0.15) is 38.3 Å². The van der Waals surface area contributed by atoms with Crippen molar-refractivity contribution in [1.29, 1.82) is 0 Å². The summed E-state index contributed by atoms with van der Waals surface area (Å²) in [5.74, 6) is 0.887. The number of nitrogens with two attached hydrogens (primary N) is 1. The number of benzene rings is 1. The maximum absolute atomic E-state index is 12.0. The molecule has 0 fully saturated rings. The van der Waals surface area contributed by atoms with Gasteiger partial charge in [0.1, 0.15) is 5.82 Å². The average molecular weight is 385 g/mol. The van der Waals surface area contributed by atoms with Crippen LogP contribution in [0.2, 0.25) is 0 Å². The largest absolute Gasteiger partial charge is 0.328 e. The number of carbonyl (C=O) groups is 1. The quantitative estimate of drug-likeness (QED) is 0.822. The summed E-state index contributed by atoms with van der Waals surface area (Å²) in [6, 6.07) is 7.39. The van der Waals surface area contributed by atoms with Gasteiger partial charge >= 0.3 is 0 Å². The summed E-state index contributed by atoms with van der Waals surface area (Å²) < 4.78 is 2.30. The third-order valence-corrected chi connectivity index (χ3v) is 4.35. The lowest BCUT2D eigenvalue weighted by molar-refractivity contribution is -0.117. The molecule has 1 atom stereocenters. The Hall–Kier alpha value is -1.56. The van der Waals surface area contributed by atoms with Crippen LogP contribution in [0.15, 0.2) is 30.5 Å². The van der Waals surface area contributed by atoms with Crippen LogP contribution in [0.25, 0.3) is 11.4 Å². The molecule has 2 aromatic rings. The van der Waals surface area contributed by atoms with Gasteiger partial charge < -0.3 is 15.6 Å². The van der Waals surface area contributed by atoms with Crippen molar-refractivity contribution in [3.05, 3.63) is 36.2 Å². The van der Waals surface area contributed by atoms with Crippen LogP contribution in [0.4, 0.5) is 5.69 Å². The van der Waals surface area contributed by atoms with Gasteiger partial charge in [0.2, 0.25) is 5.91 Å². The van der Waals surface area contributed by atoms with Crippen molar-refractivity contribution < 1.29 is 4.79 Å². The van der Waals surface area contributed by atoms with Crippen molar-refractivity contribution in [3.63, 3.8) is 0 Å². The first-order valence-corrected chi connectivity index (χ1v) is 8.40. The number of anilines is 1. The van der Waals surface area contributed by atoms with Gasteiger partial charge in [-0.25, -0.2) is 4.98 Å². The molecule has 5 nitrogen and oxygen atoms in total. The minimum atomic E-state index is -0.445. The second-order valence-corrected chi connectivity index (χ2v) is 6.14. The summed E-state index contributed by atoms with van der Waals surface area (Å²) in [5.41, 5.74) is 9.00. The first-order valence-electron chi connectivity index (χ1n) is 8.40. The molecule has 0 bridgehead atoms. The van der Waals surface area contributed by atoms with Crippen LogP contribution in [0, 0.1) is 0 Å². The Kier molecular flexibility index (Phi) is 8.42. The number of halogens is 2. The van der Waals surface area contributed by atoms with Gasteiger partial charge in [0.15, 0.2) is 0 Å². The van der Waals surface area contributed by atoms with E-state index in [1.54, 1.807) is 0 Å². The zero-order valence-corrected chi connectivity index (χ0v) is 16.0. The predicted molar refractivity (Wildman–Crippen MR) is 107 cm³/mol. The molecule has 1 aromatic carbocycles. The molecule has 0 saturated carbocycles. The highest BCUT2D eigenvalue weighted by Gasteiger charge is 2.16. The molecule has 0 aliphatic carbocycles. The standard InChI is InChI=1S/C18H24N4O.2ClH/c1-2-5-16(19)18(23)21-14-9-7-13(8-10-14)17-20-12-15-6-3-4-11-22(15)17;;/h7-10,12,16H,2-6,11,19H2,1H3,(H,21,23);2*1H. The van der Waals surface area contributed by atoms with Gasteiger partial charge in [-0.1, -0.05) is 13.3 Å². The molecule has 0 spiro atoms. The third kappa shape index (κ3) is 4.97. The minimum Gasteiger partial charge on any atom is -0.328 e. The van der Waals surface area contributed by atoms with Crippen molar-refractivity contribution >= 4 is 36.4 Å². The lowest BCUT2D eigenvalue weighted by Gasteiger charge is -2.16. The van der Waals surface area contributed by atoms with E-state index < -0.39 is 6.04 Å². The number of aryl methyl sites for hydroxylation is 1. The maximum atomic E-state index is 12.0. The van der Waals surface area contributed by atoms with Gasteiger partial charge in [0, 0.05) is 29.7 Å². The van der Waals surface area contributed by atoms with E-state index in [1.807, 2.05) is 37.4 Å². The monoisotopic (exact) mass is 384 g/mol. The van der Waals surface area contributed by atoms with Crippen LogP contribution in [-0.2, 0) is 17.8 Å². The highest BCUT2D eigenvalue weighted by Crippen LogP contribution is 2.25. The molecule has 1 amide bonds. The molecule has 0 saturated heterocycles. The van der Waals surface area contributed by atoms with Gasteiger partial charge in [-0.05, 0) is 49.9 Å². The molecule has 3 N–H and O–H groups in total. The van der Waals surface area contributed by atoms with Gasteiger partial charge in [-0.15, -0.1) is 24.8 Å². The molecule has 138 valence electrons. The predicted octanol–water partition coefficient (Wildman–Crippen LogP) is 3.80. The Bertz CT molecular complexity index is 685. The van der Waals surface area contributed by atoms with E-state index in [2.05, 4.69) is 14.9 Å². The van der Waals surface area contributed by atoms with E-state index in [0.717, 1.165) is 36.5 Å². The second kappa shape index (κ2) is 9.80. The number of nitrogens with zero attached hydrogens (tertiary/aromatic N) is 2. The van der Waals surface area contributed by atoms with Crippen molar-refractivity contribution in [2.75, 3.05) is 5.32 Å². The fraction of sp³-hybridized carbons (Fsp3) is 0.444. The molecule has 2 heterocycles. The van der Waals surface area contributed by atoms with Crippen LogP contribution in [0.3, 0.4) is 0 Å². The van der Waals surface area contributed by atoms with Crippen molar-refractivity contribution in [1.82, 2.24) is 9.55 Å². The highest BCUT2D eigenvalue weighted by atomic mass is 35.5. The number of hydrogen-bond donors (Lipinski definition) is 2. The Morgan fingerprint density at radius 3 is 2.68 bits per heavy atom. The van der Waals surface area contributed by atoms with Gasteiger partial charge in [0.25, 0.3) is 0 Å². The van der Waals surface area contributed by atoms with E-state index in [0.29, 0.717) is 6.42 Å². The Morgan fingerprint density at radius 2 is 2.00 bits per heavy atom. The Labute approximate surface area is 161 Å². The van der Waals surface area contributed by atoms with E-state index in [9.17, 15) is 4.79 Å². The summed E-state index contributed by atoms with van der Waals surface area (Å²) in [7, 11) is 0. The Balaban J connectivity index is 0.00000156. The number of imidazole rings is 1. The van der Waals surface area contributed by atoms with E-state index >= 15 is 0 Å². The number of carbonyl (C=O) groups excluding carboxylic acids is 1. The number of aromatic nitrogens is 2. The Morgan fingerprint density at radius 1 is 1.28 bits per heavy atom. The number of hydrogen-bond acceptors (Lipinski definition) is 3. The van der Waals surface area contributed by atoms with E-state index in [4.69, 9.17) is 5.73 Å². The molecular formula is C18H26Cl2N4O. The molecule has 1 aliphatic heterocycles. The van der Waals surface area contributed by atoms with Crippen molar-refractivity contribution in [2.45, 2.75) is 51.6 Å². The van der Waals surface area contributed by atoms with Gasteiger partial charge in [0.05, 0.1) is 6.04 Å². The SMILES string of the molecule is CCCC(N)C(=O)Nc1ccc(-c2ncc3n2CCCC3)cc1.Cl.Cl. The number of fused-ring (bicyclic) bond motifs is 1. The summed E-state index contributed by atoms with van der Waals surface area (Å²) in [5, 5.41) is 2.87. The van der Waals surface area contributed by atoms with E-state index in [-0.39, 0.29) is 30.7 Å². The van der Waals surface area contributed by atoms with Crippen molar-refractivity contribution in [3.8, 4) is 11.4 Å². The molecule has 1 aromatic heterocycles.